The summed E-state index contributed by atoms with van der Waals surface area (Å²) in [5, 5.41) is 5.96. The summed E-state index contributed by atoms with van der Waals surface area (Å²) in [5.74, 6) is -0.685. The summed E-state index contributed by atoms with van der Waals surface area (Å²) in [6.45, 7) is 15.2. The van der Waals surface area contributed by atoms with Crippen LogP contribution in [-0.2, 0) is 14.3 Å². The quantitative estimate of drug-likeness (QED) is 0.378. The van der Waals surface area contributed by atoms with Crippen LogP contribution in [0.5, 0.6) is 0 Å². The molecule has 0 spiro atoms. The molecule has 2 N–H and O–H groups in total. The average Bonchev–Trinajstić information content (AvgIpc) is 2.82. The number of amides is 3. The van der Waals surface area contributed by atoms with Gasteiger partial charge in [-0.25, -0.2) is 4.79 Å². The van der Waals surface area contributed by atoms with E-state index in [1.807, 2.05) is 77.1 Å². The molecule has 7 heteroatoms. The third-order valence-electron chi connectivity index (χ3n) is 7.53. The van der Waals surface area contributed by atoms with Crippen molar-refractivity contribution in [2.45, 2.75) is 105 Å². The molecule has 3 unspecified atom stereocenters. The molecule has 2 aromatic rings. The number of hydrogen-bond donors (Lipinski definition) is 2. The van der Waals surface area contributed by atoms with Crippen LogP contribution in [0.1, 0.15) is 88.6 Å². The Hall–Kier alpha value is -3.35. The fourth-order valence-electron chi connectivity index (χ4n) is 4.85. The smallest absolute Gasteiger partial charge is 0.408 e. The van der Waals surface area contributed by atoms with Crippen molar-refractivity contribution in [3.8, 4) is 0 Å². The number of benzene rings is 2. The van der Waals surface area contributed by atoms with Gasteiger partial charge in [-0.3, -0.25) is 9.59 Å². The molecule has 212 valence electrons. The van der Waals surface area contributed by atoms with E-state index in [1.54, 1.807) is 25.7 Å². The van der Waals surface area contributed by atoms with Gasteiger partial charge < -0.3 is 20.3 Å². The number of nitrogens with one attached hydrogen (secondary N) is 2. The van der Waals surface area contributed by atoms with E-state index in [2.05, 4.69) is 10.6 Å². The fraction of sp³-hybridized carbons (Fsp3) is 0.531. The molecule has 7 nitrogen and oxygen atoms in total. The minimum Gasteiger partial charge on any atom is -0.444 e. The lowest BCUT2D eigenvalue weighted by Crippen LogP contribution is -2.58. The largest absolute Gasteiger partial charge is 0.444 e. The van der Waals surface area contributed by atoms with E-state index in [9.17, 15) is 14.4 Å². The number of hydrogen-bond acceptors (Lipinski definition) is 4. The summed E-state index contributed by atoms with van der Waals surface area (Å²) < 4.78 is 5.51. The lowest BCUT2D eigenvalue weighted by atomic mass is 9.86. The number of anilines is 1. The van der Waals surface area contributed by atoms with Crippen molar-refractivity contribution in [2.75, 3.05) is 5.32 Å². The van der Waals surface area contributed by atoms with Crippen LogP contribution in [-0.4, -0.2) is 40.5 Å². The summed E-state index contributed by atoms with van der Waals surface area (Å²) in [6, 6.07) is 11.8. The molecule has 3 atom stereocenters. The summed E-state index contributed by atoms with van der Waals surface area (Å²) in [4.78, 5) is 43.2. The van der Waals surface area contributed by atoms with E-state index < -0.39 is 23.8 Å². The summed E-state index contributed by atoms with van der Waals surface area (Å²) in [6.07, 6.45) is 2.64. The average molecular weight is 536 g/mol. The second-order valence-electron chi connectivity index (χ2n) is 11.9. The zero-order chi connectivity index (χ0) is 28.9. The number of rotatable bonds is 9. The van der Waals surface area contributed by atoms with Crippen LogP contribution in [0.15, 0.2) is 42.5 Å². The highest BCUT2D eigenvalue weighted by molar-refractivity contribution is 5.99. The molecule has 3 rings (SSSR count). The van der Waals surface area contributed by atoms with Crippen molar-refractivity contribution in [1.82, 2.24) is 10.2 Å². The predicted octanol–water partition coefficient (Wildman–Crippen LogP) is 6.61. The summed E-state index contributed by atoms with van der Waals surface area (Å²) in [7, 11) is 0. The van der Waals surface area contributed by atoms with Gasteiger partial charge in [0.05, 0.1) is 0 Å². The molecule has 0 radical (unpaired) electrons. The summed E-state index contributed by atoms with van der Waals surface area (Å²) >= 11 is 0. The Bertz CT molecular complexity index is 1180. The van der Waals surface area contributed by atoms with Gasteiger partial charge in [0.1, 0.15) is 17.7 Å². The third-order valence-corrected chi connectivity index (χ3v) is 7.53. The van der Waals surface area contributed by atoms with E-state index in [4.69, 9.17) is 4.74 Å². The van der Waals surface area contributed by atoms with Crippen molar-refractivity contribution in [3.05, 3.63) is 64.7 Å². The van der Waals surface area contributed by atoms with Crippen molar-refractivity contribution in [1.29, 1.82) is 0 Å². The van der Waals surface area contributed by atoms with E-state index in [0.29, 0.717) is 12.1 Å². The van der Waals surface area contributed by atoms with Crippen molar-refractivity contribution >= 4 is 23.6 Å². The Balaban J connectivity index is 2.09. The molecular formula is C32H45N3O4. The van der Waals surface area contributed by atoms with Gasteiger partial charge in [-0.05, 0) is 89.5 Å². The van der Waals surface area contributed by atoms with E-state index in [0.717, 1.165) is 41.5 Å². The third kappa shape index (κ3) is 7.61. The van der Waals surface area contributed by atoms with Crippen LogP contribution in [0, 0.1) is 26.7 Å². The molecule has 1 saturated carbocycles. The van der Waals surface area contributed by atoms with Gasteiger partial charge >= 0.3 is 6.09 Å². The molecule has 0 aliphatic heterocycles. The number of nitrogens with zero attached hydrogens (tertiary/aromatic N) is 1. The predicted molar refractivity (Wildman–Crippen MR) is 156 cm³/mol. The second kappa shape index (κ2) is 12.7. The minimum atomic E-state index is -0.853. The van der Waals surface area contributed by atoms with Gasteiger partial charge in [-0.2, -0.15) is 0 Å². The second-order valence-corrected chi connectivity index (χ2v) is 11.9. The first-order valence-corrected chi connectivity index (χ1v) is 14.1. The highest BCUT2D eigenvalue weighted by Gasteiger charge is 2.43. The highest BCUT2D eigenvalue weighted by Crippen LogP contribution is 2.36. The Labute approximate surface area is 233 Å². The Kier molecular flexibility index (Phi) is 9.81. The molecule has 1 fully saturated rings. The van der Waals surface area contributed by atoms with E-state index >= 15 is 0 Å². The monoisotopic (exact) mass is 535 g/mol. The van der Waals surface area contributed by atoms with Crippen LogP contribution in [0.2, 0.25) is 0 Å². The molecule has 1 aliphatic carbocycles. The van der Waals surface area contributed by atoms with Crippen molar-refractivity contribution in [3.63, 3.8) is 0 Å². The molecule has 0 heterocycles. The van der Waals surface area contributed by atoms with Crippen LogP contribution < -0.4 is 10.6 Å². The van der Waals surface area contributed by atoms with Crippen LogP contribution in [0.25, 0.3) is 0 Å². The maximum atomic E-state index is 14.5. The molecule has 0 aromatic heterocycles. The number of para-hydroxylation sites is 1. The molecule has 0 bridgehead atoms. The highest BCUT2D eigenvalue weighted by atomic mass is 16.6. The number of carbonyl (C=O) groups excluding carboxylic acids is 3. The Morgan fingerprint density at radius 1 is 1.03 bits per heavy atom. The van der Waals surface area contributed by atoms with E-state index in [1.165, 1.54) is 0 Å². The maximum Gasteiger partial charge on any atom is 0.408 e. The number of aryl methyl sites for hydroxylation is 3. The molecule has 1 aliphatic rings. The van der Waals surface area contributed by atoms with Gasteiger partial charge in [-0.1, -0.05) is 62.2 Å². The normalized spacial score (nSPS) is 15.9. The number of carbonyl (C=O) groups is 3. The first-order chi connectivity index (χ1) is 18.3. The fourth-order valence-corrected chi connectivity index (χ4v) is 4.85. The van der Waals surface area contributed by atoms with Gasteiger partial charge in [0, 0.05) is 11.7 Å². The Morgan fingerprint density at radius 3 is 2.26 bits per heavy atom. The lowest BCUT2D eigenvalue weighted by molar-refractivity contribution is -0.147. The van der Waals surface area contributed by atoms with Gasteiger partial charge in [-0.15, -0.1) is 0 Å². The van der Waals surface area contributed by atoms with Gasteiger partial charge in [0.15, 0.2) is 0 Å². The first-order valence-electron chi connectivity index (χ1n) is 14.1. The van der Waals surface area contributed by atoms with Crippen LogP contribution in [0.4, 0.5) is 10.5 Å². The number of ether oxygens (including phenoxy) is 1. The molecule has 39 heavy (non-hydrogen) atoms. The maximum absolute atomic E-state index is 14.5. The zero-order valence-electron chi connectivity index (χ0n) is 24.8. The lowest BCUT2D eigenvalue weighted by Gasteiger charge is -2.44. The van der Waals surface area contributed by atoms with Gasteiger partial charge in [0.25, 0.3) is 5.91 Å². The van der Waals surface area contributed by atoms with Crippen molar-refractivity contribution in [2.24, 2.45) is 5.92 Å². The standard InChI is InChI=1S/C32H45N3O4/c1-9-21(3)27(34-31(38)39-32(6,7)8)30(37)35(24-14-12-15-24)28(25-19-20(2)17-18-22(25)4)29(36)33-26-16-11-10-13-23(26)5/h10-11,13,16-19,21,24,27-28H,9,12,14-15H2,1-8H3,(H,33,36)(H,34,38). The molecule has 2 aromatic carbocycles. The zero-order valence-corrected chi connectivity index (χ0v) is 24.8. The number of alkyl carbamates (subject to hydrolysis) is 1. The molecule has 3 amide bonds. The molecule has 0 saturated heterocycles. The SMILES string of the molecule is CCC(C)C(NC(=O)OC(C)(C)C)C(=O)N(C1CCC1)C(C(=O)Nc1ccccc1C)c1cc(C)ccc1C. The minimum absolute atomic E-state index is 0.1000. The van der Waals surface area contributed by atoms with E-state index in [-0.39, 0.29) is 23.8 Å². The Morgan fingerprint density at radius 2 is 1.69 bits per heavy atom. The summed E-state index contributed by atoms with van der Waals surface area (Å²) in [5.41, 5.74) is 3.69. The van der Waals surface area contributed by atoms with Gasteiger partial charge in [0.2, 0.25) is 5.91 Å². The van der Waals surface area contributed by atoms with Crippen molar-refractivity contribution < 1.29 is 19.1 Å². The first kappa shape index (κ1) is 30.2. The van der Waals surface area contributed by atoms with Crippen LogP contribution in [0.3, 0.4) is 0 Å². The topological polar surface area (TPSA) is 87.7 Å². The molecular weight excluding hydrogens is 490 g/mol. The van der Waals surface area contributed by atoms with Crippen LogP contribution >= 0.6 is 0 Å².